The number of carbonyl (C=O) groups is 1. The van der Waals surface area contributed by atoms with Gasteiger partial charge < -0.3 is 9.32 Å². The van der Waals surface area contributed by atoms with Gasteiger partial charge in [-0.25, -0.2) is 9.78 Å². The second kappa shape index (κ2) is 6.38. The zero-order chi connectivity index (χ0) is 18.3. The maximum absolute atomic E-state index is 12.9. The molecule has 0 saturated carbocycles. The minimum atomic E-state index is -0.628. The van der Waals surface area contributed by atoms with Crippen molar-refractivity contribution in [2.45, 2.75) is 13.0 Å². The van der Waals surface area contributed by atoms with Crippen LogP contribution in [0.3, 0.4) is 0 Å². The zero-order valence-corrected chi connectivity index (χ0v) is 15.1. The van der Waals surface area contributed by atoms with Gasteiger partial charge in [0.1, 0.15) is 16.2 Å². The van der Waals surface area contributed by atoms with Crippen LogP contribution in [0.2, 0.25) is 0 Å². The molecule has 2 aromatic carbocycles. The third-order valence-corrected chi connectivity index (χ3v) is 5.65. The van der Waals surface area contributed by atoms with Gasteiger partial charge in [0.2, 0.25) is 0 Å². The van der Waals surface area contributed by atoms with Gasteiger partial charge in [0.15, 0.2) is 0 Å². The Morgan fingerprint density at radius 2 is 1.88 bits per heavy atom. The number of aromatic nitrogens is 1. The number of hydrogen-bond donors (Lipinski definition) is 0. The molecule has 0 radical (unpaired) electrons. The Balaban J connectivity index is 1.69. The first-order chi connectivity index (χ1) is 12.5. The molecule has 2 aromatic heterocycles. The maximum Gasteiger partial charge on any atom is 0.349 e. The third kappa shape index (κ3) is 2.78. The monoisotopic (exact) mass is 364 g/mol. The Labute approximate surface area is 153 Å². The van der Waals surface area contributed by atoms with E-state index >= 15 is 0 Å². The van der Waals surface area contributed by atoms with E-state index in [1.54, 1.807) is 36.6 Å². The summed E-state index contributed by atoms with van der Waals surface area (Å²) in [4.78, 5) is 31.3. The summed E-state index contributed by atoms with van der Waals surface area (Å²) in [6, 6.07) is 16.3. The van der Waals surface area contributed by atoms with Crippen LogP contribution >= 0.6 is 11.3 Å². The van der Waals surface area contributed by atoms with Gasteiger partial charge in [0, 0.05) is 12.4 Å². The molecule has 6 heteroatoms. The third-order valence-electron chi connectivity index (χ3n) is 4.44. The van der Waals surface area contributed by atoms with Crippen molar-refractivity contribution in [2.75, 3.05) is 7.05 Å². The number of rotatable bonds is 3. The predicted octanol–water partition coefficient (Wildman–Crippen LogP) is 4.24. The van der Waals surface area contributed by atoms with Gasteiger partial charge in [0.25, 0.3) is 5.91 Å². The second-order valence-electron chi connectivity index (χ2n) is 6.10. The van der Waals surface area contributed by atoms with Crippen LogP contribution in [0.5, 0.6) is 0 Å². The van der Waals surface area contributed by atoms with Gasteiger partial charge in [-0.1, -0.05) is 30.3 Å². The molecular formula is C20H16N2O3S. The molecule has 130 valence electrons. The van der Waals surface area contributed by atoms with Crippen molar-refractivity contribution in [2.24, 2.45) is 0 Å². The fraction of sp³-hybridized carbons (Fsp3) is 0.150. The molecule has 0 fully saturated rings. The molecule has 4 aromatic rings. The quantitative estimate of drug-likeness (QED) is 0.510. The Morgan fingerprint density at radius 1 is 1.15 bits per heavy atom. The molecular weight excluding hydrogens is 348 g/mol. The van der Waals surface area contributed by atoms with Crippen LogP contribution in [0.1, 0.15) is 28.3 Å². The first-order valence-electron chi connectivity index (χ1n) is 8.20. The first kappa shape index (κ1) is 16.5. The number of carbonyl (C=O) groups excluding carboxylic acids is 1. The number of thiazole rings is 1. The van der Waals surface area contributed by atoms with E-state index < -0.39 is 5.63 Å². The molecule has 0 aliphatic carbocycles. The van der Waals surface area contributed by atoms with Crippen molar-refractivity contribution in [1.29, 1.82) is 0 Å². The average molecular weight is 364 g/mol. The molecule has 5 nitrogen and oxygen atoms in total. The molecule has 0 N–H and O–H groups in total. The summed E-state index contributed by atoms with van der Waals surface area (Å²) in [7, 11) is 1.67. The van der Waals surface area contributed by atoms with Crippen LogP contribution in [0.25, 0.3) is 21.2 Å². The lowest BCUT2D eigenvalue weighted by Crippen LogP contribution is -2.32. The fourth-order valence-electron chi connectivity index (χ4n) is 2.81. The van der Waals surface area contributed by atoms with Crippen LogP contribution in [0.15, 0.2) is 63.8 Å². The van der Waals surface area contributed by atoms with E-state index in [1.165, 1.54) is 4.90 Å². The molecule has 0 spiro atoms. The minimum Gasteiger partial charge on any atom is -0.422 e. The Bertz CT molecular complexity index is 1150. The molecule has 2 heterocycles. The summed E-state index contributed by atoms with van der Waals surface area (Å²) in [6.07, 6.45) is 0. The summed E-state index contributed by atoms with van der Waals surface area (Å²) >= 11 is 1.55. The van der Waals surface area contributed by atoms with E-state index in [-0.39, 0.29) is 17.5 Å². The van der Waals surface area contributed by atoms with E-state index in [0.29, 0.717) is 5.58 Å². The summed E-state index contributed by atoms with van der Waals surface area (Å²) in [5.41, 5.74) is 0.776. The SMILES string of the molecule is C[C@H](c1nc2ccccc2s1)N(C)C(=O)c1cc2ccccc2oc1=O. The molecule has 0 saturated heterocycles. The molecule has 0 aliphatic rings. The lowest BCUT2D eigenvalue weighted by atomic mass is 10.1. The zero-order valence-electron chi connectivity index (χ0n) is 14.3. The van der Waals surface area contributed by atoms with Crippen LogP contribution < -0.4 is 5.63 Å². The van der Waals surface area contributed by atoms with Crippen molar-refractivity contribution >= 4 is 38.4 Å². The highest BCUT2D eigenvalue weighted by molar-refractivity contribution is 7.18. The molecule has 4 rings (SSSR count). The number of para-hydroxylation sites is 2. The van der Waals surface area contributed by atoms with Crippen molar-refractivity contribution in [1.82, 2.24) is 9.88 Å². The van der Waals surface area contributed by atoms with E-state index in [1.807, 2.05) is 43.3 Å². The number of hydrogen-bond acceptors (Lipinski definition) is 5. The van der Waals surface area contributed by atoms with Gasteiger partial charge in [0.05, 0.1) is 16.3 Å². The maximum atomic E-state index is 12.9. The Kier molecular flexibility index (Phi) is 4.05. The van der Waals surface area contributed by atoms with E-state index in [9.17, 15) is 9.59 Å². The van der Waals surface area contributed by atoms with Crippen LogP contribution in [0, 0.1) is 0 Å². The van der Waals surface area contributed by atoms with E-state index in [2.05, 4.69) is 4.98 Å². The summed E-state index contributed by atoms with van der Waals surface area (Å²) < 4.78 is 6.35. The topological polar surface area (TPSA) is 63.4 Å². The van der Waals surface area contributed by atoms with Gasteiger partial charge >= 0.3 is 5.63 Å². The number of amides is 1. The van der Waals surface area contributed by atoms with Gasteiger partial charge in [-0.3, -0.25) is 4.79 Å². The molecule has 0 unspecified atom stereocenters. The van der Waals surface area contributed by atoms with Gasteiger partial charge in [-0.2, -0.15) is 0 Å². The average Bonchev–Trinajstić information content (AvgIpc) is 3.10. The Hall–Kier alpha value is -2.99. The minimum absolute atomic E-state index is 0.0270. The second-order valence-corrected chi connectivity index (χ2v) is 7.16. The molecule has 1 amide bonds. The fourth-order valence-corrected chi connectivity index (χ4v) is 3.87. The molecule has 1 atom stereocenters. The summed E-state index contributed by atoms with van der Waals surface area (Å²) in [5.74, 6) is -0.378. The standard InChI is InChI=1S/C20H16N2O3S/c1-12(18-21-15-8-4-6-10-17(15)26-18)22(2)19(23)14-11-13-7-3-5-9-16(13)25-20(14)24/h3-12H,1-2H3/t12-/m1/s1. The van der Waals surface area contributed by atoms with Crippen LogP contribution in [0.4, 0.5) is 0 Å². The van der Waals surface area contributed by atoms with Crippen LogP contribution in [-0.2, 0) is 0 Å². The molecule has 0 aliphatic heterocycles. The number of nitrogens with zero attached hydrogens (tertiary/aromatic N) is 2. The lowest BCUT2D eigenvalue weighted by Gasteiger charge is -2.22. The van der Waals surface area contributed by atoms with E-state index in [4.69, 9.17) is 4.42 Å². The van der Waals surface area contributed by atoms with Crippen molar-refractivity contribution in [3.8, 4) is 0 Å². The highest BCUT2D eigenvalue weighted by Gasteiger charge is 2.24. The Morgan fingerprint density at radius 3 is 2.69 bits per heavy atom. The van der Waals surface area contributed by atoms with Crippen molar-refractivity contribution in [3.05, 3.63) is 75.6 Å². The normalized spacial score (nSPS) is 12.4. The summed E-state index contributed by atoms with van der Waals surface area (Å²) in [6.45, 7) is 1.90. The van der Waals surface area contributed by atoms with Crippen LogP contribution in [-0.4, -0.2) is 22.8 Å². The number of fused-ring (bicyclic) bond motifs is 2. The molecule has 0 bridgehead atoms. The highest BCUT2D eigenvalue weighted by atomic mass is 32.1. The van der Waals surface area contributed by atoms with Gasteiger partial charge in [-0.15, -0.1) is 11.3 Å². The highest BCUT2D eigenvalue weighted by Crippen LogP contribution is 2.29. The smallest absolute Gasteiger partial charge is 0.349 e. The van der Waals surface area contributed by atoms with E-state index in [0.717, 1.165) is 20.6 Å². The largest absolute Gasteiger partial charge is 0.422 e. The predicted molar refractivity (Wildman–Crippen MR) is 103 cm³/mol. The lowest BCUT2D eigenvalue weighted by molar-refractivity contribution is 0.0738. The molecule has 26 heavy (non-hydrogen) atoms. The first-order valence-corrected chi connectivity index (χ1v) is 9.02. The summed E-state index contributed by atoms with van der Waals surface area (Å²) in [5, 5.41) is 1.55. The van der Waals surface area contributed by atoms with Gasteiger partial charge in [-0.05, 0) is 31.2 Å². The number of benzene rings is 2. The van der Waals surface area contributed by atoms with Crippen molar-refractivity contribution in [3.63, 3.8) is 0 Å². The van der Waals surface area contributed by atoms with Crippen molar-refractivity contribution < 1.29 is 9.21 Å².